The zero-order chi connectivity index (χ0) is 27.1. The van der Waals surface area contributed by atoms with Crippen molar-refractivity contribution in [1.29, 1.82) is 0 Å². The maximum absolute atomic E-state index is 14.1. The highest BCUT2D eigenvalue weighted by atomic mass is 16.5. The molecule has 3 aliphatic rings. The first-order valence-corrected chi connectivity index (χ1v) is 13.3. The van der Waals surface area contributed by atoms with E-state index in [0.29, 0.717) is 29.8 Å². The normalized spacial score (nSPS) is 22.2. The molecule has 0 spiro atoms. The van der Waals surface area contributed by atoms with E-state index < -0.39 is 17.9 Å². The molecule has 2 saturated carbocycles. The smallest absolute Gasteiger partial charge is 0.337 e. The first-order chi connectivity index (χ1) is 19.0. The van der Waals surface area contributed by atoms with Crippen LogP contribution in [0.3, 0.4) is 0 Å². The molecule has 0 aromatic heterocycles. The summed E-state index contributed by atoms with van der Waals surface area (Å²) in [6, 6.07) is 22.0. The Balaban J connectivity index is 1.47. The van der Waals surface area contributed by atoms with Gasteiger partial charge in [-0.05, 0) is 72.7 Å². The number of rotatable bonds is 5. The molecule has 7 nitrogen and oxygen atoms in total. The number of ether oxygens (including phenoxy) is 2. The second-order valence-electron chi connectivity index (χ2n) is 10.5. The van der Waals surface area contributed by atoms with Crippen molar-refractivity contribution in [1.82, 2.24) is 0 Å². The van der Waals surface area contributed by atoms with Crippen molar-refractivity contribution in [2.45, 2.75) is 37.6 Å². The summed E-state index contributed by atoms with van der Waals surface area (Å²) in [6.45, 7) is 0. The van der Waals surface area contributed by atoms with E-state index in [2.05, 4.69) is 0 Å². The van der Waals surface area contributed by atoms with Crippen LogP contribution in [0.15, 0.2) is 77.8 Å². The Labute approximate surface area is 227 Å². The largest absolute Gasteiger partial charge is 0.497 e. The number of benzene rings is 3. The summed E-state index contributed by atoms with van der Waals surface area (Å²) in [5, 5.41) is 0. The number of hydrogen-bond donors (Lipinski definition) is 0. The summed E-state index contributed by atoms with van der Waals surface area (Å²) < 4.78 is 10.2. The number of methoxy groups -OCH3 is 2. The van der Waals surface area contributed by atoms with Gasteiger partial charge >= 0.3 is 5.97 Å². The molecule has 2 aliphatic carbocycles. The van der Waals surface area contributed by atoms with Crippen molar-refractivity contribution >= 4 is 34.7 Å². The van der Waals surface area contributed by atoms with Gasteiger partial charge in [-0.2, -0.15) is 0 Å². The minimum Gasteiger partial charge on any atom is -0.497 e. The first-order valence-electron chi connectivity index (χ1n) is 13.3. The van der Waals surface area contributed by atoms with E-state index in [-0.39, 0.29) is 23.5 Å². The molecule has 0 bridgehead atoms. The van der Waals surface area contributed by atoms with Crippen molar-refractivity contribution in [2.75, 3.05) is 19.1 Å². The molecular formula is C32H30N2O5. The number of hydrogen-bond acceptors (Lipinski definition) is 6. The molecule has 3 aromatic carbocycles. The van der Waals surface area contributed by atoms with E-state index in [1.165, 1.54) is 7.11 Å². The zero-order valence-corrected chi connectivity index (χ0v) is 22.0. The van der Waals surface area contributed by atoms with Crippen LogP contribution in [0, 0.1) is 11.8 Å². The third kappa shape index (κ3) is 4.62. The molecule has 0 saturated heterocycles. The Morgan fingerprint density at radius 2 is 1.56 bits per heavy atom. The molecule has 0 N–H and O–H groups in total. The number of para-hydroxylation sites is 2. The lowest BCUT2D eigenvalue weighted by atomic mass is 9.72. The van der Waals surface area contributed by atoms with Crippen LogP contribution < -0.4 is 9.64 Å². The third-order valence-corrected chi connectivity index (χ3v) is 8.03. The van der Waals surface area contributed by atoms with Gasteiger partial charge in [-0.25, -0.2) is 4.79 Å². The monoisotopic (exact) mass is 522 g/mol. The Bertz CT molecular complexity index is 1460. The first kappa shape index (κ1) is 25.0. The number of nitrogens with zero attached hydrogens (tertiary/aromatic N) is 2. The topological polar surface area (TPSA) is 85.3 Å². The Hall–Kier alpha value is -4.26. The van der Waals surface area contributed by atoms with Crippen LogP contribution >= 0.6 is 0 Å². The number of carbonyl (C=O) groups is 3. The molecule has 198 valence electrons. The van der Waals surface area contributed by atoms with Gasteiger partial charge in [-0.1, -0.05) is 36.4 Å². The number of aliphatic imine (C=N–C) groups is 1. The molecule has 3 atom stereocenters. The maximum atomic E-state index is 14.1. The molecule has 2 fully saturated rings. The van der Waals surface area contributed by atoms with Crippen molar-refractivity contribution in [3.8, 4) is 5.75 Å². The van der Waals surface area contributed by atoms with Crippen LogP contribution in [0.4, 0.5) is 11.4 Å². The minimum atomic E-state index is -0.585. The summed E-state index contributed by atoms with van der Waals surface area (Å²) in [5.41, 5.74) is 4.47. The van der Waals surface area contributed by atoms with E-state index in [0.717, 1.165) is 35.4 Å². The standard InChI is InChI=1S/C32H30N2O5/c1-38-24-15-13-19(14-16-24)23-17-26-29(28(35)18-23)30(20-7-11-22(12-8-20)32(37)39-2)34(31(36)21-9-10-21)27-6-4-3-5-25(27)33-26/h3-8,11-16,21,23,29-30H,9-10,17-18H2,1-2H3. The summed E-state index contributed by atoms with van der Waals surface area (Å²) in [7, 11) is 2.98. The maximum Gasteiger partial charge on any atom is 0.337 e. The van der Waals surface area contributed by atoms with E-state index in [1.54, 1.807) is 19.2 Å². The number of amides is 1. The molecule has 3 unspecified atom stereocenters. The highest BCUT2D eigenvalue weighted by Gasteiger charge is 2.48. The average molecular weight is 523 g/mol. The fraction of sp³-hybridized carbons (Fsp3) is 0.312. The van der Waals surface area contributed by atoms with Crippen LogP contribution in [0.1, 0.15) is 59.1 Å². The van der Waals surface area contributed by atoms with Crippen molar-refractivity contribution in [3.63, 3.8) is 0 Å². The Kier molecular flexibility index (Phi) is 6.51. The van der Waals surface area contributed by atoms with Gasteiger partial charge in [0.15, 0.2) is 0 Å². The van der Waals surface area contributed by atoms with Gasteiger partial charge in [-0.3, -0.25) is 14.6 Å². The van der Waals surface area contributed by atoms with E-state index in [1.807, 2.05) is 65.6 Å². The lowest BCUT2D eigenvalue weighted by Gasteiger charge is -2.39. The van der Waals surface area contributed by atoms with Crippen LogP contribution in [0.5, 0.6) is 5.75 Å². The second-order valence-corrected chi connectivity index (χ2v) is 10.5. The van der Waals surface area contributed by atoms with Crippen LogP contribution in [-0.2, 0) is 14.3 Å². The number of fused-ring (bicyclic) bond motifs is 2. The summed E-state index contributed by atoms with van der Waals surface area (Å²) in [5.74, 6) is -0.240. The van der Waals surface area contributed by atoms with Gasteiger partial charge in [0.25, 0.3) is 0 Å². The minimum absolute atomic E-state index is 0.0152. The van der Waals surface area contributed by atoms with Crippen LogP contribution in [-0.4, -0.2) is 37.6 Å². The highest BCUT2D eigenvalue weighted by molar-refractivity contribution is 6.13. The van der Waals surface area contributed by atoms with Gasteiger partial charge in [0, 0.05) is 18.1 Å². The van der Waals surface area contributed by atoms with Gasteiger partial charge in [0.05, 0.1) is 43.1 Å². The second kappa shape index (κ2) is 10.1. The summed E-state index contributed by atoms with van der Waals surface area (Å²) in [4.78, 5) is 47.0. The molecule has 7 heteroatoms. The molecule has 1 amide bonds. The van der Waals surface area contributed by atoms with Crippen molar-refractivity contribution < 1.29 is 23.9 Å². The van der Waals surface area contributed by atoms with Gasteiger partial charge < -0.3 is 14.4 Å². The number of ketones is 1. The van der Waals surface area contributed by atoms with Gasteiger partial charge in [-0.15, -0.1) is 0 Å². The van der Waals surface area contributed by atoms with Crippen molar-refractivity contribution in [3.05, 3.63) is 89.5 Å². The molecule has 0 radical (unpaired) electrons. The molecular weight excluding hydrogens is 492 g/mol. The summed E-state index contributed by atoms with van der Waals surface area (Å²) >= 11 is 0. The van der Waals surface area contributed by atoms with Gasteiger partial charge in [0.2, 0.25) is 5.91 Å². The number of Topliss-reactive ketones (excluding diaryl/α,β-unsaturated/α-hetero) is 1. The Morgan fingerprint density at radius 3 is 2.23 bits per heavy atom. The lowest BCUT2D eigenvalue weighted by molar-refractivity contribution is -0.123. The van der Waals surface area contributed by atoms with Gasteiger partial charge in [0.1, 0.15) is 11.5 Å². The highest BCUT2D eigenvalue weighted by Crippen LogP contribution is 2.49. The zero-order valence-electron chi connectivity index (χ0n) is 22.0. The predicted octanol–water partition coefficient (Wildman–Crippen LogP) is 5.82. The van der Waals surface area contributed by atoms with E-state index in [9.17, 15) is 14.4 Å². The SMILES string of the molecule is COC(=O)c1ccc(C2C3C(=O)CC(c4ccc(OC)cc4)CC3=Nc3ccccc3N2C(=O)C2CC2)cc1. The Morgan fingerprint density at radius 1 is 0.872 bits per heavy atom. The molecule has 39 heavy (non-hydrogen) atoms. The van der Waals surface area contributed by atoms with Crippen molar-refractivity contribution in [2.24, 2.45) is 16.8 Å². The third-order valence-electron chi connectivity index (χ3n) is 8.03. The molecule has 6 rings (SSSR count). The molecule has 3 aromatic rings. The molecule has 1 heterocycles. The summed E-state index contributed by atoms with van der Waals surface area (Å²) in [6.07, 6.45) is 2.66. The number of carbonyl (C=O) groups excluding carboxylic acids is 3. The quantitative estimate of drug-likeness (QED) is 0.395. The fourth-order valence-corrected chi connectivity index (χ4v) is 5.87. The van der Waals surface area contributed by atoms with E-state index >= 15 is 0 Å². The van der Waals surface area contributed by atoms with E-state index in [4.69, 9.17) is 14.5 Å². The predicted molar refractivity (Wildman–Crippen MR) is 148 cm³/mol. The molecule has 1 aliphatic heterocycles. The number of anilines is 1. The fourth-order valence-electron chi connectivity index (χ4n) is 5.87. The van der Waals surface area contributed by atoms with Crippen LogP contribution in [0.25, 0.3) is 0 Å². The average Bonchev–Trinajstić information content (AvgIpc) is 3.83. The number of esters is 1. The van der Waals surface area contributed by atoms with Crippen LogP contribution in [0.2, 0.25) is 0 Å². The lowest BCUT2D eigenvalue weighted by Crippen LogP contribution is -2.46.